The maximum absolute atomic E-state index is 9.60. The monoisotopic (exact) mass is 150 g/mol. The van der Waals surface area contributed by atoms with Gasteiger partial charge in [-0.15, -0.1) is 0 Å². The molecule has 0 aliphatic heterocycles. The summed E-state index contributed by atoms with van der Waals surface area (Å²) in [6, 6.07) is 0. The Kier molecular flexibility index (Phi) is 13.8. The summed E-state index contributed by atoms with van der Waals surface area (Å²) >= 11 is 1.75. The quantitative estimate of drug-likeness (QED) is 0.652. The Bertz CT molecular complexity index is 64.1. The number of aliphatic carboxylic acids is 1. The fourth-order valence-electron chi connectivity index (χ4n) is 0.214. The van der Waals surface area contributed by atoms with E-state index in [1.165, 1.54) is 0 Å². The van der Waals surface area contributed by atoms with Crippen LogP contribution >= 0.6 is 11.8 Å². The number of carboxylic acids is 1. The highest BCUT2D eigenvalue weighted by Crippen LogP contribution is 1.82. The lowest BCUT2D eigenvalue weighted by Crippen LogP contribution is -1.90. The summed E-state index contributed by atoms with van der Waals surface area (Å²) in [5, 5.41) is 7.91. The highest BCUT2D eigenvalue weighted by Gasteiger charge is 1.87. The Morgan fingerprint density at radius 3 is 1.89 bits per heavy atom. The molecule has 0 spiro atoms. The van der Waals surface area contributed by atoms with E-state index in [2.05, 4.69) is 0 Å². The lowest BCUT2D eigenvalue weighted by molar-refractivity contribution is -0.137. The van der Waals surface area contributed by atoms with Crippen LogP contribution in [-0.4, -0.2) is 23.6 Å². The molecule has 0 aliphatic rings. The molecule has 56 valence electrons. The molecule has 2 nitrogen and oxygen atoms in total. The van der Waals surface area contributed by atoms with Crippen molar-refractivity contribution >= 4 is 17.7 Å². The first-order valence-electron chi connectivity index (χ1n) is 2.80. The molecule has 0 bridgehead atoms. The Morgan fingerprint density at radius 1 is 1.56 bits per heavy atom. The van der Waals surface area contributed by atoms with Crippen LogP contribution in [0.3, 0.4) is 0 Å². The van der Waals surface area contributed by atoms with Crippen LogP contribution in [-0.2, 0) is 4.79 Å². The molecule has 0 radical (unpaired) electrons. The molecule has 9 heavy (non-hydrogen) atoms. The fraction of sp³-hybridized carbons (Fsp3) is 0.833. The molecule has 0 aliphatic carbocycles. The van der Waals surface area contributed by atoms with E-state index >= 15 is 0 Å². The molecule has 0 heterocycles. The van der Waals surface area contributed by atoms with E-state index in [1.807, 2.05) is 19.4 Å². The summed E-state index contributed by atoms with van der Waals surface area (Å²) < 4.78 is 0. The van der Waals surface area contributed by atoms with Crippen molar-refractivity contribution in [1.29, 1.82) is 0 Å². The second-order valence-corrected chi connectivity index (χ2v) is 2.37. The van der Waals surface area contributed by atoms with Gasteiger partial charge >= 0.3 is 5.97 Å². The van der Waals surface area contributed by atoms with Gasteiger partial charge < -0.3 is 5.11 Å². The van der Waals surface area contributed by atoms with Crippen LogP contribution in [0.5, 0.6) is 0 Å². The average molecular weight is 150 g/mol. The van der Waals surface area contributed by atoms with Gasteiger partial charge in [0, 0.05) is 6.42 Å². The summed E-state index contributed by atoms with van der Waals surface area (Å²) in [4.78, 5) is 9.60. The molecule has 0 aromatic heterocycles. The van der Waals surface area contributed by atoms with Gasteiger partial charge in [-0.05, 0) is 18.9 Å². The largest absolute Gasteiger partial charge is 0.481 e. The molecule has 0 saturated heterocycles. The van der Waals surface area contributed by atoms with Crippen LogP contribution in [0.15, 0.2) is 0 Å². The van der Waals surface area contributed by atoms with Crippen molar-refractivity contribution in [3.05, 3.63) is 0 Å². The van der Waals surface area contributed by atoms with Crippen LogP contribution in [0.1, 0.15) is 19.8 Å². The average Bonchev–Trinajstić information content (AvgIpc) is 1.67. The highest BCUT2D eigenvalue weighted by atomic mass is 32.2. The zero-order valence-corrected chi connectivity index (χ0v) is 6.99. The van der Waals surface area contributed by atoms with Gasteiger partial charge in [0.25, 0.3) is 0 Å². The SMILES string of the molecule is CCCC(=O)O.CSC. The van der Waals surface area contributed by atoms with Crippen molar-refractivity contribution in [3.8, 4) is 0 Å². The summed E-state index contributed by atoms with van der Waals surface area (Å²) in [5.74, 6) is -0.711. The van der Waals surface area contributed by atoms with Crippen LogP contribution in [0.4, 0.5) is 0 Å². The molecule has 0 amide bonds. The van der Waals surface area contributed by atoms with Crippen molar-refractivity contribution in [2.24, 2.45) is 0 Å². The first-order valence-corrected chi connectivity index (χ1v) is 4.44. The number of hydrogen-bond acceptors (Lipinski definition) is 2. The zero-order chi connectivity index (χ0) is 7.70. The third-order valence-electron chi connectivity index (χ3n) is 0.464. The second kappa shape index (κ2) is 10.7. The number of rotatable bonds is 2. The lowest BCUT2D eigenvalue weighted by Gasteiger charge is -1.79. The maximum Gasteiger partial charge on any atom is 0.303 e. The van der Waals surface area contributed by atoms with E-state index in [1.54, 1.807) is 11.8 Å². The number of thioether (sulfide) groups is 1. The lowest BCUT2D eigenvalue weighted by atomic mass is 10.4. The normalized spacial score (nSPS) is 7.44. The minimum atomic E-state index is -0.711. The van der Waals surface area contributed by atoms with Gasteiger partial charge in [0.2, 0.25) is 0 Å². The van der Waals surface area contributed by atoms with Crippen LogP contribution < -0.4 is 0 Å². The van der Waals surface area contributed by atoms with Gasteiger partial charge in [-0.25, -0.2) is 0 Å². The van der Waals surface area contributed by atoms with E-state index < -0.39 is 5.97 Å². The van der Waals surface area contributed by atoms with Gasteiger partial charge in [0.05, 0.1) is 0 Å². The summed E-state index contributed by atoms with van der Waals surface area (Å²) in [7, 11) is 0. The molecule has 0 saturated carbocycles. The Labute approximate surface area is 60.6 Å². The summed E-state index contributed by atoms with van der Waals surface area (Å²) in [6.07, 6.45) is 5.11. The molecule has 1 N–H and O–H groups in total. The van der Waals surface area contributed by atoms with E-state index in [4.69, 9.17) is 5.11 Å². The smallest absolute Gasteiger partial charge is 0.303 e. The van der Waals surface area contributed by atoms with E-state index in [0.29, 0.717) is 6.42 Å². The second-order valence-electron chi connectivity index (χ2n) is 1.55. The van der Waals surface area contributed by atoms with Gasteiger partial charge in [-0.2, -0.15) is 11.8 Å². The van der Waals surface area contributed by atoms with Crippen molar-refractivity contribution in [2.45, 2.75) is 19.8 Å². The summed E-state index contributed by atoms with van der Waals surface area (Å²) in [6.45, 7) is 1.84. The minimum Gasteiger partial charge on any atom is -0.481 e. The molecule has 0 atom stereocenters. The van der Waals surface area contributed by atoms with Gasteiger partial charge in [-0.3, -0.25) is 4.79 Å². The first kappa shape index (κ1) is 11.6. The van der Waals surface area contributed by atoms with Gasteiger partial charge in [-0.1, -0.05) is 6.92 Å². The van der Waals surface area contributed by atoms with Crippen LogP contribution in [0.2, 0.25) is 0 Å². The van der Waals surface area contributed by atoms with Crippen molar-refractivity contribution in [3.63, 3.8) is 0 Å². The number of hydrogen-bond donors (Lipinski definition) is 1. The van der Waals surface area contributed by atoms with Gasteiger partial charge in [0.15, 0.2) is 0 Å². The minimum absolute atomic E-state index is 0.292. The number of carbonyl (C=O) groups is 1. The molecular formula is C6H14O2S. The standard InChI is InChI=1S/C4H8O2.C2H6S/c1-2-3-4(5)6;1-3-2/h2-3H2,1H3,(H,5,6);1-2H3. The summed E-state index contributed by atoms with van der Waals surface area (Å²) in [5.41, 5.74) is 0. The number of carboxylic acid groups (broad SMARTS) is 1. The molecule has 3 heteroatoms. The van der Waals surface area contributed by atoms with E-state index in [9.17, 15) is 4.79 Å². The third kappa shape index (κ3) is 33.3. The molecule has 0 rings (SSSR count). The van der Waals surface area contributed by atoms with Crippen molar-refractivity contribution in [2.75, 3.05) is 12.5 Å². The predicted octanol–water partition coefficient (Wildman–Crippen LogP) is 1.85. The fourth-order valence-corrected chi connectivity index (χ4v) is 0.214. The Hall–Kier alpha value is -0.180. The molecular weight excluding hydrogens is 136 g/mol. The Morgan fingerprint density at radius 2 is 1.89 bits per heavy atom. The zero-order valence-electron chi connectivity index (χ0n) is 6.18. The van der Waals surface area contributed by atoms with Gasteiger partial charge in [0.1, 0.15) is 0 Å². The van der Waals surface area contributed by atoms with Crippen molar-refractivity contribution < 1.29 is 9.90 Å². The van der Waals surface area contributed by atoms with E-state index in [-0.39, 0.29) is 0 Å². The molecule has 0 fully saturated rings. The maximum atomic E-state index is 9.60. The Balaban J connectivity index is 0. The predicted molar refractivity (Wildman–Crippen MR) is 42.0 cm³/mol. The van der Waals surface area contributed by atoms with Crippen LogP contribution in [0.25, 0.3) is 0 Å². The molecule has 0 aromatic rings. The third-order valence-corrected chi connectivity index (χ3v) is 0.464. The molecule has 0 unspecified atom stereocenters. The molecule has 0 aromatic carbocycles. The van der Waals surface area contributed by atoms with Crippen LogP contribution in [0, 0.1) is 0 Å². The van der Waals surface area contributed by atoms with E-state index in [0.717, 1.165) is 6.42 Å². The first-order chi connectivity index (χ1) is 4.18. The topological polar surface area (TPSA) is 37.3 Å². The highest BCUT2D eigenvalue weighted by molar-refractivity contribution is 7.97. The van der Waals surface area contributed by atoms with Crippen molar-refractivity contribution in [1.82, 2.24) is 0 Å².